The summed E-state index contributed by atoms with van der Waals surface area (Å²) in [5.41, 5.74) is 4.00. The van der Waals surface area contributed by atoms with Crippen molar-refractivity contribution in [1.82, 2.24) is 0 Å². The van der Waals surface area contributed by atoms with Gasteiger partial charge in [0.1, 0.15) is 5.75 Å². The fourth-order valence-electron chi connectivity index (χ4n) is 2.18. The van der Waals surface area contributed by atoms with Crippen molar-refractivity contribution < 1.29 is 9.53 Å². The van der Waals surface area contributed by atoms with Gasteiger partial charge in [-0.05, 0) is 100 Å². The third kappa shape index (κ3) is 4.46. The quantitative estimate of drug-likeness (QED) is 0.635. The van der Waals surface area contributed by atoms with Gasteiger partial charge in [0.25, 0.3) is 5.91 Å². The number of hydrogen-bond acceptors (Lipinski definition) is 2. The third-order valence-electron chi connectivity index (χ3n) is 3.18. The van der Waals surface area contributed by atoms with E-state index in [1.165, 1.54) is 0 Å². The summed E-state index contributed by atoms with van der Waals surface area (Å²) in [7, 11) is 0. The Morgan fingerprint density at radius 3 is 2.55 bits per heavy atom. The molecule has 0 spiro atoms. The standard InChI is InChI=1S/C17H17BrINO2/c1-10-6-12(3)17(14(18)7-10)22-9-16(21)20-15-5-4-13(19)8-11(15)2/h4-8H,9H2,1-3H3,(H,20,21). The molecule has 0 heterocycles. The van der Waals surface area contributed by atoms with Crippen LogP contribution in [-0.4, -0.2) is 12.5 Å². The lowest BCUT2D eigenvalue weighted by molar-refractivity contribution is -0.118. The van der Waals surface area contributed by atoms with Gasteiger partial charge in [-0.1, -0.05) is 6.07 Å². The second-order valence-electron chi connectivity index (χ2n) is 5.19. The van der Waals surface area contributed by atoms with Crippen LogP contribution in [0.3, 0.4) is 0 Å². The van der Waals surface area contributed by atoms with Crippen molar-refractivity contribution in [3.63, 3.8) is 0 Å². The summed E-state index contributed by atoms with van der Waals surface area (Å²) in [5.74, 6) is 0.538. The van der Waals surface area contributed by atoms with E-state index < -0.39 is 0 Å². The largest absolute Gasteiger partial charge is 0.482 e. The van der Waals surface area contributed by atoms with Crippen molar-refractivity contribution in [2.75, 3.05) is 11.9 Å². The molecule has 0 aliphatic heterocycles. The molecule has 0 saturated heterocycles. The van der Waals surface area contributed by atoms with E-state index in [9.17, 15) is 4.79 Å². The van der Waals surface area contributed by atoms with Crippen molar-refractivity contribution in [3.05, 3.63) is 55.1 Å². The van der Waals surface area contributed by atoms with Gasteiger partial charge in [0.2, 0.25) is 0 Å². The van der Waals surface area contributed by atoms with E-state index in [2.05, 4.69) is 43.8 Å². The first-order valence-corrected chi connectivity index (χ1v) is 8.69. The van der Waals surface area contributed by atoms with E-state index in [-0.39, 0.29) is 12.5 Å². The molecule has 1 N–H and O–H groups in total. The first kappa shape index (κ1) is 17.3. The molecule has 0 aliphatic rings. The van der Waals surface area contributed by atoms with Gasteiger partial charge in [-0.25, -0.2) is 0 Å². The lowest BCUT2D eigenvalue weighted by Crippen LogP contribution is -2.21. The third-order valence-corrected chi connectivity index (χ3v) is 4.44. The molecule has 22 heavy (non-hydrogen) atoms. The van der Waals surface area contributed by atoms with Gasteiger partial charge in [0.15, 0.2) is 6.61 Å². The number of rotatable bonds is 4. The minimum absolute atomic E-state index is 0.0199. The molecule has 2 aromatic rings. The fourth-order valence-corrected chi connectivity index (χ4v) is 3.61. The molecule has 0 atom stereocenters. The van der Waals surface area contributed by atoms with Crippen LogP contribution in [0.25, 0.3) is 0 Å². The predicted octanol–water partition coefficient (Wildman–Crippen LogP) is 5.00. The van der Waals surface area contributed by atoms with Crippen LogP contribution in [0.15, 0.2) is 34.8 Å². The molecule has 2 rings (SSSR count). The number of hydrogen-bond donors (Lipinski definition) is 1. The SMILES string of the molecule is Cc1cc(C)c(OCC(=O)Nc2ccc(I)cc2C)c(Br)c1. The lowest BCUT2D eigenvalue weighted by atomic mass is 10.1. The van der Waals surface area contributed by atoms with Gasteiger partial charge >= 0.3 is 0 Å². The van der Waals surface area contributed by atoms with Gasteiger partial charge in [0.05, 0.1) is 4.47 Å². The maximum atomic E-state index is 12.1. The number of nitrogens with one attached hydrogen (secondary N) is 1. The van der Waals surface area contributed by atoms with Crippen LogP contribution >= 0.6 is 38.5 Å². The summed E-state index contributed by atoms with van der Waals surface area (Å²) in [4.78, 5) is 12.1. The van der Waals surface area contributed by atoms with E-state index in [0.717, 1.165) is 30.4 Å². The first-order valence-electron chi connectivity index (χ1n) is 6.82. The molecule has 1 amide bonds. The van der Waals surface area contributed by atoms with Crippen LogP contribution < -0.4 is 10.1 Å². The van der Waals surface area contributed by atoms with Crippen LogP contribution in [0, 0.1) is 24.3 Å². The number of aryl methyl sites for hydroxylation is 3. The Bertz CT molecular complexity index is 693. The number of carbonyl (C=O) groups excluding carboxylic acids is 1. The summed E-state index contributed by atoms with van der Waals surface area (Å²) in [6.07, 6.45) is 0. The molecule has 0 fully saturated rings. The number of halogens is 2. The van der Waals surface area contributed by atoms with Crippen LogP contribution in [0.1, 0.15) is 16.7 Å². The van der Waals surface area contributed by atoms with Crippen LogP contribution in [0.2, 0.25) is 0 Å². The molecular formula is C17H17BrINO2. The van der Waals surface area contributed by atoms with Crippen molar-refractivity contribution in [2.45, 2.75) is 20.8 Å². The lowest BCUT2D eigenvalue weighted by Gasteiger charge is -2.13. The number of anilines is 1. The average molecular weight is 474 g/mol. The monoisotopic (exact) mass is 473 g/mol. The van der Waals surface area contributed by atoms with E-state index in [4.69, 9.17) is 4.74 Å². The number of ether oxygens (including phenoxy) is 1. The minimum Gasteiger partial charge on any atom is -0.482 e. The Morgan fingerprint density at radius 1 is 1.18 bits per heavy atom. The van der Waals surface area contributed by atoms with E-state index in [1.807, 2.05) is 51.1 Å². The van der Waals surface area contributed by atoms with Gasteiger partial charge in [-0.3, -0.25) is 4.79 Å². The summed E-state index contributed by atoms with van der Waals surface area (Å²) in [6, 6.07) is 9.90. The molecule has 5 heteroatoms. The molecule has 0 bridgehead atoms. The number of amides is 1. The van der Waals surface area contributed by atoms with E-state index >= 15 is 0 Å². The van der Waals surface area contributed by atoms with Crippen molar-refractivity contribution in [1.29, 1.82) is 0 Å². The maximum Gasteiger partial charge on any atom is 0.262 e. The zero-order chi connectivity index (χ0) is 16.3. The zero-order valence-corrected chi connectivity index (χ0v) is 16.4. The molecule has 0 aromatic heterocycles. The highest BCUT2D eigenvalue weighted by molar-refractivity contribution is 14.1. The molecule has 0 unspecified atom stereocenters. The predicted molar refractivity (Wildman–Crippen MR) is 102 cm³/mol. The molecule has 0 radical (unpaired) electrons. The van der Waals surface area contributed by atoms with E-state index in [1.54, 1.807) is 0 Å². The highest BCUT2D eigenvalue weighted by Crippen LogP contribution is 2.30. The zero-order valence-electron chi connectivity index (χ0n) is 12.7. The summed E-state index contributed by atoms with van der Waals surface area (Å²) in [6.45, 7) is 5.94. The van der Waals surface area contributed by atoms with Crippen LogP contribution in [0.4, 0.5) is 5.69 Å². The first-order chi connectivity index (χ1) is 10.4. The second kappa shape index (κ2) is 7.46. The topological polar surface area (TPSA) is 38.3 Å². The molecule has 0 saturated carbocycles. The minimum atomic E-state index is -0.170. The van der Waals surface area contributed by atoms with Crippen molar-refractivity contribution in [2.24, 2.45) is 0 Å². The van der Waals surface area contributed by atoms with Gasteiger partial charge in [0, 0.05) is 9.26 Å². The van der Waals surface area contributed by atoms with Crippen LogP contribution in [0.5, 0.6) is 5.75 Å². The summed E-state index contributed by atoms with van der Waals surface area (Å²) < 4.78 is 7.67. The van der Waals surface area contributed by atoms with Crippen molar-refractivity contribution in [3.8, 4) is 5.75 Å². The van der Waals surface area contributed by atoms with Gasteiger partial charge < -0.3 is 10.1 Å². The fraction of sp³-hybridized carbons (Fsp3) is 0.235. The van der Waals surface area contributed by atoms with Gasteiger partial charge in [-0.15, -0.1) is 0 Å². The summed E-state index contributed by atoms with van der Waals surface area (Å²) in [5, 5.41) is 2.88. The number of benzene rings is 2. The smallest absolute Gasteiger partial charge is 0.262 e. The summed E-state index contributed by atoms with van der Waals surface area (Å²) >= 11 is 5.72. The maximum absolute atomic E-state index is 12.1. The normalized spacial score (nSPS) is 10.4. The van der Waals surface area contributed by atoms with Gasteiger partial charge in [-0.2, -0.15) is 0 Å². The molecule has 3 nitrogen and oxygen atoms in total. The molecule has 116 valence electrons. The Labute approximate surface area is 152 Å². The Balaban J connectivity index is 2.02. The second-order valence-corrected chi connectivity index (χ2v) is 7.29. The Hall–Kier alpha value is -1.08. The van der Waals surface area contributed by atoms with E-state index in [0.29, 0.717) is 5.75 Å². The Morgan fingerprint density at radius 2 is 1.91 bits per heavy atom. The molecular weight excluding hydrogens is 457 g/mol. The number of carbonyl (C=O) groups is 1. The highest BCUT2D eigenvalue weighted by atomic mass is 127. The van der Waals surface area contributed by atoms with Crippen LogP contribution in [-0.2, 0) is 4.79 Å². The Kier molecular flexibility index (Phi) is 5.86. The average Bonchev–Trinajstić information content (AvgIpc) is 2.40. The molecule has 0 aliphatic carbocycles. The molecule has 2 aromatic carbocycles. The highest BCUT2D eigenvalue weighted by Gasteiger charge is 2.10. The van der Waals surface area contributed by atoms with Crippen molar-refractivity contribution >= 4 is 50.1 Å².